The third-order valence-corrected chi connectivity index (χ3v) is 3.55. The molecule has 0 amide bonds. The molecule has 0 unspecified atom stereocenters. The minimum Gasteiger partial charge on any atom is -0.468 e. The average molecular weight is 226 g/mol. The fourth-order valence-electron chi connectivity index (χ4n) is 1.70. The van der Waals surface area contributed by atoms with E-state index in [0.29, 0.717) is 0 Å². The molecule has 1 N–H and O–H groups in total. The van der Waals surface area contributed by atoms with Crippen LogP contribution in [0.1, 0.15) is 5.76 Å². The molecule has 1 aliphatic heterocycles. The van der Waals surface area contributed by atoms with Crippen LogP contribution in [0.4, 0.5) is 0 Å². The van der Waals surface area contributed by atoms with E-state index in [2.05, 4.69) is 10.2 Å². The summed E-state index contributed by atoms with van der Waals surface area (Å²) < 4.78 is 5.28. The second kappa shape index (κ2) is 6.20. The highest BCUT2D eigenvalue weighted by atomic mass is 32.2. The number of furan rings is 1. The molecule has 0 saturated carbocycles. The molecule has 0 aromatic carbocycles. The van der Waals surface area contributed by atoms with E-state index in [0.717, 1.165) is 24.6 Å². The first kappa shape index (κ1) is 11.0. The minimum atomic E-state index is 0.999. The fraction of sp³-hybridized carbons (Fsp3) is 0.636. The molecule has 2 rings (SSSR count). The highest BCUT2D eigenvalue weighted by molar-refractivity contribution is 7.98. The van der Waals surface area contributed by atoms with Crippen molar-refractivity contribution < 1.29 is 4.42 Å². The van der Waals surface area contributed by atoms with Crippen LogP contribution in [0.3, 0.4) is 0 Å². The fourth-order valence-corrected chi connectivity index (χ4v) is 2.59. The molecule has 2 heterocycles. The maximum atomic E-state index is 5.28. The molecule has 4 heteroatoms. The molecular formula is C11H18N2OS. The van der Waals surface area contributed by atoms with Crippen molar-refractivity contribution in [3.8, 4) is 0 Å². The predicted octanol–water partition coefficient (Wildman–Crippen LogP) is 1.42. The van der Waals surface area contributed by atoms with E-state index in [9.17, 15) is 0 Å². The van der Waals surface area contributed by atoms with E-state index in [1.165, 1.54) is 25.4 Å². The van der Waals surface area contributed by atoms with Gasteiger partial charge in [-0.05, 0) is 12.1 Å². The Labute approximate surface area is 95.2 Å². The van der Waals surface area contributed by atoms with Crippen LogP contribution >= 0.6 is 11.8 Å². The largest absolute Gasteiger partial charge is 0.468 e. The molecule has 0 bridgehead atoms. The van der Waals surface area contributed by atoms with Crippen LogP contribution in [0, 0.1) is 0 Å². The number of piperazine rings is 1. The number of thioether (sulfide) groups is 1. The summed E-state index contributed by atoms with van der Waals surface area (Å²) in [6, 6.07) is 3.99. The first-order valence-electron chi connectivity index (χ1n) is 5.48. The first-order valence-corrected chi connectivity index (χ1v) is 6.64. The lowest BCUT2D eigenvalue weighted by Gasteiger charge is -2.26. The lowest BCUT2D eigenvalue weighted by atomic mass is 10.4. The van der Waals surface area contributed by atoms with E-state index < -0.39 is 0 Å². The Morgan fingerprint density at radius 2 is 2.27 bits per heavy atom. The van der Waals surface area contributed by atoms with Crippen molar-refractivity contribution in [1.82, 2.24) is 10.2 Å². The topological polar surface area (TPSA) is 28.4 Å². The Morgan fingerprint density at radius 1 is 1.40 bits per heavy atom. The summed E-state index contributed by atoms with van der Waals surface area (Å²) in [5.74, 6) is 3.28. The monoisotopic (exact) mass is 226 g/mol. The first-order chi connectivity index (χ1) is 7.45. The van der Waals surface area contributed by atoms with Crippen molar-refractivity contribution in [2.24, 2.45) is 0 Å². The standard InChI is InChI=1S/C11H18N2OS/c1-2-11(14-8-1)10-15-9-7-13-5-3-12-4-6-13/h1-2,8,12H,3-7,9-10H2. The van der Waals surface area contributed by atoms with Crippen molar-refractivity contribution in [3.63, 3.8) is 0 Å². The van der Waals surface area contributed by atoms with Gasteiger partial charge in [-0.25, -0.2) is 0 Å². The molecule has 1 aliphatic rings. The lowest BCUT2D eigenvalue weighted by molar-refractivity contribution is 0.255. The van der Waals surface area contributed by atoms with Gasteiger partial charge in [-0.1, -0.05) is 0 Å². The second-order valence-electron chi connectivity index (χ2n) is 3.72. The van der Waals surface area contributed by atoms with Crippen LogP contribution in [-0.4, -0.2) is 43.4 Å². The molecule has 0 spiro atoms. The normalized spacial score (nSPS) is 18.1. The van der Waals surface area contributed by atoms with E-state index in [1.54, 1.807) is 6.26 Å². The highest BCUT2D eigenvalue weighted by Gasteiger charge is 2.08. The molecule has 0 aliphatic carbocycles. The van der Waals surface area contributed by atoms with Gasteiger partial charge in [0.15, 0.2) is 0 Å². The molecule has 0 atom stereocenters. The number of hydrogen-bond acceptors (Lipinski definition) is 4. The van der Waals surface area contributed by atoms with Gasteiger partial charge < -0.3 is 9.73 Å². The summed E-state index contributed by atoms with van der Waals surface area (Å²) in [6.07, 6.45) is 1.74. The number of hydrogen-bond donors (Lipinski definition) is 1. The Kier molecular flexibility index (Phi) is 4.57. The maximum absolute atomic E-state index is 5.28. The highest BCUT2D eigenvalue weighted by Crippen LogP contribution is 2.12. The molecule has 1 saturated heterocycles. The molecule has 3 nitrogen and oxygen atoms in total. The quantitative estimate of drug-likeness (QED) is 0.769. The van der Waals surface area contributed by atoms with Crippen LogP contribution in [-0.2, 0) is 5.75 Å². The third-order valence-electron chi connectivity index (χ3n) is 2.59. The smallest absolute Gasteiger partial charge is 0.113 e. The summed E-state index contributed by atoms with van der Waals surface area (Å²) in [4.78, 5) is 2.52. The number of nitrogens with one attached hydrogen (secondary N) is 1. The van der Waals surface area contributed by atoms with Crippen LogP contribution in [0.25, 0.3) is 0 Å². The molecular weight excluding hydrogens is 208 g/mol. The summed E-state index contributed by atoms with van der Waals surface area (Å²) in [5, 5.41) is 3.36. The van der Waals surface area contributed by atoms with Crippen molar-refractivity contribution in [2.45, 2.75) is 5.75 Å². The molecule has 0 radical (unpaired) electrons. The lowest BCUT2D eigenvalue weighted by Crippen LogP contribution is -2.44. The Balaban J connectivity index is 1.54. The maximum Gasteiger partial charge on any atom is 0.113 e. The Bertz CT molecular complexity index is 258. The molecule has 84 valence electrons. The summed E-state index contributed by atoms with van der Waals surface area (Å²) in [5.41, 5.74) is 0. The van der Waals surface area contributed by atoms with E-state index in [-0.39, 0.29) is 0 Å². The molecule has 1 aromatic rings. The van der Waals surface area contributed by atoms with Gasteiger partial charge in [0.2, 0.25) is 0 Å². The van der Waals surface area contributed by atoms with E-state index in [4.69, 9.17) is 4.42 Å². The van der Waals surface area contributed by atoms with Crippen molar-refractivity contribution in [3.05, 3.63) is 24.2 Å². The van der Waals surface area contributed by atoms with Gasteiger partial charge in [0, 0.05) is 38.5 Å². The van der Waals surface area contributed by atoms with Crippen LogP contribution in [0.2, 0.25) is 0 Å². The van der Waals surface area contributed by atoms with Gasteiger partial charge in [0.1, 0.15) is 5.76 Å². The van der Waals surface area contributed by atoms with Gasteiger partial charge in [0.25, 0.3) is 0 Å². The molecule has 15 heavy (non-hydrogen) atoms. The SMILES string of the molecule is c1coc(CSCCN2CCNCC2)c1. The van der Waals surface area contributed by atoms with Crippen LogP contribution in [0.5, 0.6) is 0 Å². The predicted molar refractivity (Wildman–Crippen MR) is 64.2 cm³/mol. The van der Waals surface area contributed by atoms with Crippen LogP contribution < -0.4 is 5.32 Å². The van der Waals surface area contributed by atoms with Gasteiger partial charge in [-0.15, -0.1) is 0 Å². The van der Waals surface area contributed by atoms with Gasteiger partial charge >= 0.3 is 0 Å². The molecule has 1 fully saturated rings. The van der Waals surface area contributed by atoms with Crippen molar-refractivity contribution in [1.29, 1.82) is 0 Å². The van der Waals surface area contributed by atoms with Crippen molar-refractivity contribution in [2.75, 3.05) is 38.5 Å². The summed E-state index contributed by atoms with van der Waals surface area (Å²) >= 11 is 1.95. The number of nitrogens with zero attached hydrogens (tertiary/aromatic N) is 1. The van der Waals surface area contributed by atoms with Crippen molar-refractivity contribution >= 4 is 11.8 Å². The van der Waals surface area contributed by atoms with Gasteiger partial charge in [-0.2, -0.15) is 11.8 Å². The van der Waals surface area contributed by atoms with E-state index in [1.807, 2.05) is 23.9 Å². The van der Waals surface area contributed by atoms with Gasteiger partial charge in [0.05, 0.1) is 12.0 Å². The summed E-state index contributed by atoms with van der Waals surface area (Å²) in [6.45, 7) is 5.88. The zero-order valence-corrected chi connectivity index (χ0v) is 9.76. The van der Waals surface area contributed by atoms with Gasteiger partial charge in [-0.3, -0.25) is 4.90 Å². The number of rotatable bonds is 5. The zero-order chi connectivity index (χ0) is 10.3. The third kappa shape index (κ3) is 3.89. The summed E-state index contributed by atoms with van der Waals surface area (Å²) in [7, 11) is 0. The second-order valence-corrected chi connectivity index (χ2v) is 4.83. The zero-order valence-electron chi connectivity index (χ0n) is 8.95. The molecule has 1 aromatic heterocycles. The Hall–Kier alpha value is -0.450. The van der Waals surface area contributed by atoms with Crippen LogP contribution in [0.15, 0.2) is 22.8 Å². The average Bonchev–Trinajstić information content (AvgIpc) is 2.79. The minimum absolute atomic E-state index is 0.999. The van der Waals surface area contributed by atoms with E-state index >= 15 is 0 Å². The Morgan fingerprint density at radius 3 is 3.00 bits per heavy atom.